The Balaban J connectivity index is 1.46. The Bertz CT molecular complexity index is 1770. The number of nitrogens with zero attached hydrogens (tertiary/aromatic N) is 1. The molecule has 0 N–H and O–H groups in total. The number of aryl methyl sites for hydroxylation is 2. The number of hydrogen-bond donors (Lipinski definition) is 0. The summed E-state index contributed by atoms with van der Waals surface area (Å²) in [6.07, 6.45) is 2.02. The highest BCUT2D eigenvalue weighted by atomic mass is 16.5. The number of allylic oxidation sites excluding steroid dienone is 1. The van der Waals surface area contributed by atoms with Crippen LogP contribution in [0.15, 0.2) is 84.9 Å². The molecule has 198 valence electrons. The lowest BCUT2D eigenvalue weighted by Gasteiger charge is -2.38. The maximum absolute atomic E-state index is 14.3. The molecule has 0 saturated carbocycles. The molecule has 4 atom stereocenters. The Labute approximate surface area is 231 Å². The Hall–Kier alpha value is -4.71. The molecular formula is C34H27NO5. The SMILES string of the molecule is COc1ccc([C@@H]2C=C3c4c(ccc5ccccc45)OC(=O)[C@@H]3[C@@H]3C(=O)N(c4ccc(C)cc4C)C(=O)[C@H]32)cc1. The number of esters is 1. The number of rotatable bonds is 3. The summed E-state index contributed by atoms with van der Waals surface area (Å²) in [5, 5.41) is 1.95. The summed E-state index contributed by atoms with van der Waals surface area (Å²) >= 11 is 0. The Morgan fingerprint density at radius 2 is 1.57 bits per heavy atom. The quantitative estimate of drug-likeness (QED) is 0.185. The van der Waals surface area contributed by atoms with E-state index in [2.05, 4.69) is 0 Å². The van der Waals surface area contributed by atoms with Gasteiger partial charge in [0.05, 0.1) is 30.6 Å². The summed E-state index contributed by atoms with van der Waals surface area (Å²) in [5.41, 5.74) is 4.86. The van der Waals surface area contributed by atoms with Crippen LogP contribution in [-0.2, 0) is 14.4 Å². The fourth-order valence-corrected chi connectivity index (χ4v) is 6.78. The summed E-state index contributed by atoms with van der Waals surface area (Å²) in [6, 6.07) is 24.9. The Kier molecular flexibility index (Phi) is 5.42. The molecule has 2 amide bonds. The molecule has 2 heterocycles. The summed E-state index contributed by atoms with van der Waals surface area (Å²) in [6.45, 7) is 3.87. The highest BCUT2D eigenvalue weighted by molar-refractivity contribution is 6.25. The molecule has 4 aromatic carbocycles. The lowest BCUT2D eigenvalue weighted by molar-refractivity contribution is -0.142. The monoisotopic (exact) mass is 529 g/mol. The van der Waals surface area contributed by atoms with Crippen LogP contribution in [0.5, 0.6) is 11.5 Å². The zero-order chi connectivity index (χ0) is 27.7. The zero-order valence-electron chi connectivity index (χ0n) is 22.4. The predicted molar refractivity (Wildman–Crippen MR) is 152 cm³/mol. The van der Waals surface area contributed by atoms with E-state index in [9.17, 15) is 14.4 Å². The Morgan fingerprint density at radius 3 is 2.33 bits per heavy atom. The lowest BCUT2D eigenvalue weighted by atomic mass is 9.64. The van der Waals surface area contributed by atoms with Gasteiger partial charge in [-0.3, -0.25) is 14.4 Å². The zero-order valence-corrected chi connectivity index (χ0v) is 22.4. The molecule has 2 aliphatic heterocycles. The van der Waals surface area contributed by atoms with E-state index in [1.54, 1.807) is 7.11 Å². The van der Waals surface area contributed by atoms with Crippen molar-refractivity contribution in [3.8, 4) is 11.5 Å². The molecule has 3 aliphatic rings. The molecule has 4 aromatic rings. The van der Waals surface area contributed by atoms with Gasteiger partial charge in [0.1, 0.15) is 11.5 Å². The maximum Gasteiger partial charge on any atom is 0.319 e. The lowest BCUT2D eigenvalue weighted by Crippen LogP contribution is -2.42. The van der Waals surface area contributed by atoms with Gasteiger partial charge >= 0.3 is 5.97 Å². The van der Waals surface area contributed by atoms with Crippen LogP contribution >= 0.6 is 0 Å². The first-order valence-corrected chi connectivity index (χ1v) is 13.4. The topological polar surface area (TPSA) is 72.9 Å². The van der Waals surface area contributed by atoms with Crippen molar-refractivity contribution in [3.05, 3.63) is 107 Å². The van der Waals surface area contributed by atoms with Crippen LogP contribution in [-0.4, -0.2) is 24.9 Å². The highest BCUT2D eigenvalue weighted by Gasteiger charge is 2.60. The minimum Gasteiger partial charge on any atom is -0.497 e. The van der Waals surface area contributed by atoms with Crippen LogP contribution < -0.4 is 14.4 Å². The fourth-order valence-electron chi connectivity index (χ4n) is 6.78. The van der Waals surface area contributed by atoms with E-state index < -0.39 is 29.6 Å². The van der Waals surface area contributed by atoms with Crippen molar-refractivity contribution < 1.29 is 23.9 Å². The first kappa shape index (κ1) is 24.3. The van der Waals surface area contributed by atoms with Gasteiger partial charge in [-0.05, 0) is 65.6 Å². The molecule has 1 fully saturated rings. The average molecular weight is 530 g/mol. The van der Waals surface area contributed by atoms with Crippen LogP contribution in [0.4, 0.5) is 5.69 Å². The van der Waals surface area contributed by atoms with Gasteiger partial charge in [-0.2, -0.15) is 0 Å². The van der Waals surface area contributed by atoms with Crippen molar-refractivity contribution in [2.45, 2.75) is 19.8 Å². The van der Waals surface area contributed by atoms with Crippen LogP contribution in [0.2, 0.25) is 0 Å². The number of fused-ring (bicyclic) bond motifs is 7. The molecule has 0 radical (unpaired) electrons. The number of benzene rings is 4. The highest BCUT2D eigenvalue weighted by Crippen LogP contribution is 2.56. The molecular weight excluding hydrogens is 502 g/mol. The van der Waals surface area contributed by atoms with Gasteiger partial charge in [0, 0.05) is 11.5 Å². The number of hydrogen-bond acceptors (Lipinski definition) is 5. The molecule has 0 bridgehead atoms. The average Bonchev–Trinajstić information content (AvgIpc) is 3.22. The normalized spacial score (nSPS) is 23.3. The first-order valence-electron chi connectivity index (χ1n) is 13.4. The van der Waals surface area contributed by atoms with Gasteiger partial charge in [-0.25, -0.2) is 4.90 Å². The smallest absolute Gasteiger partial charge is 0.319 e. The molecule has 7 rings (SSSR count). The minimum absolute atomic E-state index is 0.297. The van der Waals surface area contributed by atoms with Gasteiger partial charge in [0.25, 0.3) is 0 Å². The second-order valence-electron chi connectivity index (χ2n) is 10.8. The van der Waals surface area contributed by atoms with E-state index in [1.807, 2.05) is 98.8 Å². The minimum atomic E-state index is -0.889. The molecule has 0 unspecified atom stereocenters. The number of amides is 2. The second kappa shape index (κ2) is 8.91. The van der Waals surface area contributed by atoms with Crippen molar-refractivity contribution in [2.24, 2.45) is 17.8 Å². The number of imide groups is 1. The van der Waals surface area contributed by atoms with E-state index in [1.165, 1.54) is 4.90 Å². The van der Waals surface area contributed by atoms with Gasteiger partial charge in [-0.15, -0.1) is 0 Å². The maximum atomic E-state index is 14.3. The standard InChI is InChI=1S/C34H27NO5/c1-18-8-14-26(19(2)16-18)35-32(36)29-24(21-9-12-22(39-3)13-10-21)17-25-28-23-7-5-4-6-20(23)11-15-27(28)40-34(38)30(25)31(29)33(35)37/h4-17,24,29-31H,1-3H3/t24-,29-,30-,31+/m0/s1. The largest absolute Gasteiger partial charge is 0.497 e. The van der Waals surface area contributed by atoms with Crippen LogP contribution in [0.25, 0.3) is 16.3 Å². The summed E-state index contributed by atoms with van der Waals surface area (Å²) in [4.78, 5) is 43.5. The van der Waals surface area contributed by atoms with Crippen molar-refractivity contribution >= 4 is 39.8 Å². The van der Waals surface area contributed by atoms with E-state index in [-0.39, 0.29) is 11.8 Å². The predicted octanol–water partition coefficient (Wildman–Crippen LogP) is 5.99. The number of anilines is 1. The van der Waals surface area contributed by atoms with Crippen molar-refractivity contribution in [3.63, 3.8) is 0 Å². The van der Waals surface area contributed by atoms with Gasteiger partial charge < -0.3 is 9.47 Å². The van der Waals surface area contributed by atoms with Crippen molar-refractivity contribution in [1.29, 1.82) is 0 Å². The number of carbonyl (C=O) groups is 3. The molecule has 1 aliphatic carbocycles. The third-order valence-electron chi connectivity index (χ3n) is 8.58. The van der Waals surface area contributed by atoms with Gasteiger partial charge in [0.2, 0.25) is 11.8 Å². The molecule has 6 nitrogen and oxygen atoms in total. The van der Waals surface area contributed by atoms with E-state index >= 15 is 0 Å². The fraction of sp³-hybridized carbons (Fsp3) is 0.206. The number of methoxy groups -OCH3 is 1. The van der Waals surface area contributed by atoms with Crippen molar-refractivity contribution in [1.82, 2.24) is 0 Å². The van der Waals surface area contributed by atoms with Crippen LogP contribution in [0, 0.1) is 31.6 Å². The third-order valence-corrected chi connectivity index (χ3v) is 8.58. The third kappa shape index (κ3) is 3.45. The van der Waals surface area contributed by atoms with Crippen molar-refractivity contribution in [2.75, 3.05) is 12.0 Å². The molecule has 0 aromatic heterocycles. The number of ether oxygens (including phenoxy) is 2. The van der Waals surface area contributed by atoms with E-state index in [4.69, 9.17) is 9.47 Å². The molecule has 40 heavy (non-hydrogen) atoms. The van der Waals surface area contributed by atoms with E-state index in [0.717, 1.165) is 38.6 Å². The molecule has 0 spiro atoms. The van der Waals surface area contributed by atoms with E-state index in [0.29, 0.717) is 17.2 Å². The van der Waals surface area contributed by atoms with Gasteiger partial charge in [-0.1, -0.05) is 66.2 Å². The first-order chi connectivity index (χ1) is 19.4. The summed E-state index contributed by atoms with van der Waals surface area (Å²) in [5.74, 6) is -2.94. The Morgan fingerprint density at radius 1 is 0.825 bits per heavy atom. The van der Waals surface area contributed by atoms with Crippen LogP contribution in [0.1, 0.15) is 28.2 Å². The second-order valence-corrected chi connectivity index (χ2v) is 10.8. The number of carbonyl (C=O) groups excluding carboxylic acids is 3. The summed E-state index contributed by atoms with van der Waals surface area (Å²) in [7, 11) is 1.61. The molecule has 6 heteroatoms. The van der Waals surface area contributed by atoms with Gasteiger partial charge in [0.15, 0.2) is 0 Å². The van der Waals surface area contributed by atoms with Crippen LogP contribution in [0.3, 0.4) is 0 Å². The molecule has 1 saturated heterocycles. The summed E-state index contributed by atoms with van der Waals surface area (Å²) < 4.78 is 11.2.